The Morgan fingerprint density at radius 3 is 2.65 bits per heavy atom. The summed E-state index contributed by atoms with van der Waals surface area (Å²) in [6, 6.07) is 1.85. The van der Waals surface area contributed by atoms with Gasteiger partial charge in [-0.25, -0.2) is 4.39 Å². The Bertz CT molecular complexity index is 522. The Hall–Kier alpha value is -2.22. The van der Waals surface area contributed by atoms with E-state index < -0.39 is 28.1 Å². The monoisotopic (exact) mass is 307 g/mol. The molecule has 0 bridgehead atoms. The molecule has 0 spiro atoms. The van der Waals surface area contributed by atoms with Crippen LogP contribution in [0.15, 0.2) is 12.1 Å². The third-order valence-electron chi connectivity index (χ3n) is 2.21. The van der Waals surface area contributed by atoms with Crippen LogP contribution in [-0.4, -0.2) is 28.9 Å². The predicted octanol–water partition coefficient (Wildman–Crippen LogP) is 2.21. The van der Waals surface area contributed by atoms with Crippen LogP contribution in [-0.2, 0) is 4.79 Å². The maximum absolute atomic E-state index is 13.5. The molecule has 1 N–H and O–H groups in total. The van der Waals surface area contributed by atoms with Crippen LogP contribution in [0, 0.1) is 15.9 Å². The van der Waals surface area contributed by atoms with E-state index in [0.717, 1.165) is 12.1 Å². The van der Waals surface area contributed by atoms with Crippen molar-refractivity contribution in [1.29, 1.82) is 0 Å². The number of hydrogen-bond acceptors (Lipinski definition) is 5. The van der Waals surface area contributed by atoms with Gasteiger partial charge < -0.3 is 9.84 Å². The van der Waals surface area contributed by atoms with Crippen molar-refractivity contribution in [3.63, 3.8) is 0 Å². The maximum atomic E-state index is 13.5. The minimum atomic E-state index is -1.06. The highest BCUT2D eigenvalue weighted by molar-refractivity contribution is 5.85. The fraction of sp³-hybridized carbons (Fsp3) is 0.273. The molecule has 1 aromatic carbocycles. The van der Waals surface area contributed by atoms with Crippen molar-refractivity contribution in [2.24, 2.45) is 0 Å². The average molecular weight is 308 g/mol. The zero-order valence-electron chi connectivity index (χ0n) is 10.1. The minimum Gasteiger partial charge on any atom is -0.485 e. The molecule has 0 heterocycles. The summed E-state index contributed by atoms with van der Waals surface area (Å²) in [5.41, 5.74) is -1.06. The molecular formula is C11H11ClFNO6. The molecular weight excluding hydrogens is 297 g/mol. The van der Waals surface area contributed by atoms with Gasteiger partial charge in [-0.05, 0) is 18.6 Å². The molecule has 0 saturated carbocycles. The molecule has 0 aliphatic carbocycles. The predicted molar refractivity (Wildman–Crippen MR) is 68.1 cm³/mol. The summed E-state index contributed by atoms with van der Waals surface area (Å²) >= 11 is 0. The summed E-state index contributed by atoms with van der Waals surface area (Å²) in [7, 11) is 0. The summed E-state index contributed by atoms with van der Waals surface area (Å²) in [5, 5.41) is 19.2. The van der Waals surface area contributed by atoms with Gasteiger partial charge in [0.1, 0.15) is 0 Å². The van der Waals surface area contributed by atoms with Crippen molar-refractivity contribution in [2.45, 2.75) is 12.8 Å². The smallest absolute Gasteiger partial charge is 0.324 e. The summed E-state index contributed by atoms with van der Waals surface area (Å²) in [6.07, 6.45) is 0.0850. The van der Waals surface area contributed by atoms with E-state index in [1.165, 1.54) is 0 Å². The second-order valence-electron chi connectivity index (χ2n) is 3.54. The minimum absolute atomic E-state index is 0. The molecule has 0 amide bonds. The van der Waals surface area contributed by atoms with E-state index in [1.54, 1.807) is 0 Å². The van der Waals surface area contributed by atoms with E-state index in [4.69, 9.17) is 9.84 Å². The van der Waals surface area contributed by atoms with Crippen molar-refractivity contribution >= 4 is 30.3 Å². The van der Waals surface area contributed by atoms with Crippen LogP contribution in [0.1, 0.15) is 23.2 Å². The number of nitrogens with zero attached hydrogens (tertiary/aromatic N) is 1. The first-order valence-electron chi connectivity index (χ1n) is 5.24. The topological polar surface area (TPSA) is 107 Å². The van der Waals surface area contributed by atoms with Gasteiger partial charge >= 0.3 is 11.7 Å². The van der Waals surface area contributed by atoms with Crippen molar-refractivity contribution in [1.82, 2.24) is 0 Å². The average Bonchev–Trinajstić information content (AvgIpc) is 2.35. The third-order valence-corrected chi connectivity index (χ3v) is 2.21. The van der Waals surface area contributed by atoms with Gasteiger partial charge in [0.05, 0.1) is 17.1 Å². The number of ether oxygens (including phenoxy) is 1. The summed E-state index contributed by atoms with van der Waals surface area (Å²) in [5.74, 6) is -2.69. The number of halogens is 2. The number of carboxylic acids is 1. The summed E-state index contributed by atoms with van der Waals surface area (Å²) in [6.45, 7) is -0.202. The maximum Gasteiger partial charge on any atom is 0.324 e. The molecule has 20 heavy (non-hydrogen) atoms. The molecule has 0 saturated heterocycles. The van der Waals surface area contributed by atoms with Crippen molar-refractivity contribution in [3.8, 4) is 5.75 Å². The molecule has 0 aliphatic rings. The Balaban J connectivity index is 0.00000361. The number of benzene rings is 1. The van der Waals surface area contributed by atoms with Crippen LogP contribution in [0.5, 0.6) is 5.75 Å². The van der Waals surface area contributed by atoms with Gasteiger partial charge in [-0.1, -0.05) is 0 Å². The SMILES string of the molecule is Cl.O=Cc1ccc(F)c(OCCCC(=O)O)c1[N+](=O)[O-]. The zero-order chi connectivity index (χ0) is 14.4. The third kappa shape index (κ3) is 4.47. The number of hydrogen-bond donors (Lipinski definition) is 1. The Morgan fingerprint density at radius 2 is 2.15 bits per heavy atom. The highest BCUT2D eigenvalue weighted by Crippen LogP contribution is 2.33. The Kier molecular flexibility index (Phi) is 7.16. The number of rotatable bonds is 7. The number of nitro groups is 1. The van der Waals surface area contributed by atoms with Gasteiger partial charge in [0.25, 0.3) is 0 Å². The van der Waals surface area contributed by atoms with Crippen LogP contribution >= 0.6 is 12.4 Å². The molecule has 0 atom stereocenters. The number of carbonyl (C=O) groups is 2. The largest absolute Gasteiger partial charge is 0.485 e. The fourth-order valence-corrected chi connectivity index (χ4v) is 1.38. The van der Waals surface area contributed by atoms with E-state index in [-0.39, 0.29) is 43.7 Å². The highest BCUT2D eigenvalue weighted by atomic mass is 35.5. The van der Waals surface area contributed by atoms with Crippen molar-refractivity contribution < 1.29 is 28.7 Å². The van der Waals surface area contributed by atoms with Crippen molar-refractivity contribution in [2.75, 3.05) is 6.61 Å². The second kappa shape index (κ2) is 8.05. The van der Waals surface area contributed by atoms with Gasteiger partial charge in [0.15, 0.2) is 12.1 Å². The van der Waals surface area contributed by atoms with Gasteiger partial charge in [-0.2, -0.15) is 0 Å². The van der Waals surface area contributed by atoms with E-state index in [2.05, 4.69) is 0 Å². The number of carboxylic acid groups (broad SMARTS) is 1. The zero-order valence-corrected chi connectivity index (χ0v) is 10.9. The van der Waals surface area contributed by atoms with E-state index in [9.17, 15) is 24.1 Å². The van der Waals surface area contributed by atoms with Crippen LogP contribution in [0.4, 0.5) is 10.1 Å². The van der Waals surface area contributed by atoms with Gasteiger partial charge in [-0.3, -0.25) is 19.7 Å². The Morgan fingerprint density at radius 1 is 1.50 bits per heavy atom. The summed E-state index contributed by atoms with van der Waals surface area (Å²) in [4.78, 5) is 30.8. The molecule has 0 fully saturated rings. The van der Waals surface area contributed by atoms with E-state index in [0.29, 0.717) is 0 Å². The van der Waals surface area contributed by atoms with E-state index >= 15 is 0 Å². The van der Waals surface area contributed by atoms with Gasteiger partial charge in [-0.15, -0.1) is 12.4 Å². The number of carbonyl (C=O) groups excluding carboxylic acids is 1. The Labute approximate surface area is 118 Å². The molecule has 0 aromatic heterocycles. The lowest BCUT2D eigenvalue weighted by atomic mass is 10.1. The van der Waals surface area contributed by atoms with Crippen LogP contribution in [0.3, 0.4) is 0 Å². The van der Waals surface area contributed by atoms with Crippen molar-refractivity contribution in [3.05, 3.63) is 33.6 Å². The highest BCUT2D eigenvalue weighted by Gasteiger charge is 2.24. The lowest BCUT2D eigenvalue weighted by Gasteiger charge is -2.08. The molecule has 9 heteroatoms. The van der Waals surface area contributed by atoms with Gasteiger partial charge in [0, 0.05) is 6.42 Å². The second-order valence-corrected chi connectivity index (χ2v) is 3.54. The fourth-order valence-electron chi connectivity index (χ4n) is 1.38. The molecule has 1 aromatic rings. The number of aliphatic carboxylic acids is 1. The molecule has 7 nitrogen and oxygen atoms in total. The first-order valence-corrected chi connectivity index (χ1v) is 5.24. The molecule has 110 valence electrons. The quantitative estimate of drug-likeness (QED) is 0.358. The number of aldehydes is 1. The lowest BCUT2D eigenvalue weighted by molar-refractivity contribution is -0.386. The van der Waals surface area contributed by atoms with Gasteiger partial charge in [0.2, 0.25) is 5.75 Å². The number of nitro benzene ring substituents is 1. The van der Waals surface area contributed by atoms with E-state index in [1.807, 2.05) is 0 Å². The van der Waals surface area contributed by atoms with Crippen LogP contribution < -0.4 is 4.74 Å². The summed E-state index contributed by atoms with van der Waals surface area (Å²) < 4.78 is 18.3. The molecule has 0 radical (unpaired) electrons. The molecule has 0 unspecified atom stereocenters. The first-order chi connectivity index (χ1) is 8.97. The standard InChI is InChI=1S/C11H10FNO6.ClH/c12-8-4-3-7(6-14)10(13(17)18)11(8)19-5-1-2-9(15)16;/h3-4,6H,1-2,5H2,(H,15,16);1H. The van der Waals surface area contributed by atoms with Crippen LogP contribution in [0.25, 0.3) is 0 Å². The van der Waals surface area contributed by atoms with Crippen LogP contribution in [0.2, 0.25) is 0 Å². The normalized spacial score (nSPS) is 9.45. The molecule has 0 aliphatic heterocycles. The molecule has 1 rings (SSSR count). The lowest BCUT2D eigenvalue weighted by Crippen LogP contribution is -2.06. The first kappa shape index (κ1) is 17.8.